The zero-order chi connectivity index (χ0) is 25.9. The fourth-order valence-corrected chi connectivity index (χ4v) is 3.84. The van der Waals surface area contributed by atoms with E-state index >= 15 is 0 Å². The summed E-state index contributed by atoms with van der Waals surface area (Å²) in [5.74, 6) is -0.350. The third-order valence-electron chi connectivity index (χ3n) is 4.68. The highest BCUT2D eigenvalue weighted by Gasteiger charge is 2.16. The summed E-state index contributed by atoms with van der Waals surface area (Å²) in [5.41, 5.74) is 4.05. The normalized spacial score (nSPS) is 10.7. The average Bonchev–Trinajstić information content (AvgIpc) is 2.86. The van der Waals surface area contributed by atoms with E-state index in [0.717, 1.165) is 5.56 Å². The lowest BCUT2D eigenvalue weighted by Crippen LogP contribution is -2.32. The van der Waals surface area contributed by atoms with Crippen molar-refractivity contribution in [3.8, 4) is 17.2 Å². The molecule has 0 spiro atoms. The summed E-state index contributed by atoms with van der Waals surface area (Å²) in [6.07, 6.45) is 1.39. The fourth-order valence-electron chi connectivity index (χ4n) is 3.08. The van der Waals surface area contributed by atoms with Crippen LogP contribution in [0.15, 0.2) is 70.2 Å². The first-order valence-electron chi connectivity index (χ1n) is 11.1. The number of nitrogens with zero attached hydrogens (tertiary/aromatic N) is 1. The summed E-state index contributed by atoms with van der Waals surface area (Å²) in [6, 6.07) is 17.7. The average molecular weight is 575 g/mol. The molecule has 0 unspecified atom stereocenters. The van der Waals surface area contributed by atoms with E-state index in [4.69, 9.17) is 25.8 Å². The minimum atomic E-state index is -0.929. The van der Waals surface area contributed by atoms with E-state index in [1.165, 1.54) is 6.21 Å². The molecule has 0 heterocycles. The van der Waals surface area contributed by atoms with Crippen LogP contribution in [0.4, 0.5) is 5.69 Å². The second-order valence-electron chi connectivity index (χ2n) is 7.23. The molecule has 3 rings (SSSR count). The lowest BCUT2D eigenvalue weighted by molar-refractivity contribution is -0.136. The van der Waals surface area contributed by atoms with Crippen molar-refractivity contribution in [2.75, 3.05) is 18.5 Å². The van der Waals surface area contributed by atoms with Gasteiger partial charge in [-0.2, -0.15) is 5.10 Å². The number of ether oxygens (including phenoxy) is 3. The van der Waals surface area contributed by atoms with Gasteiger partial charge in [0.2, 0.25) is 0 Å². The molecule has 0 atom stereocenters. The van der Waals surface area contributed by atoms with Gasteiger partial charge in [0, 0.05) is 10.6 Å². The van der Waals surface area contributed by atoms with Gasteiger partial charge in [-0.3, -0.25) is 9.59 Å². The molecule has 0 bridgehead atoms. The van der Waals surface area contributed by atoms with Crippen LogP contribution in [0, 0.1) is 0 Å². The second kappa shape index (κ2) is 13.5. The molecule has 0 aliphatic rings. The fraction of sp³-hybridized carbons (Fsp3) is 0.192. The minimum absolute atomic E-state index is 0.253. The topological polar surface area (TPSA) is 98.2 Å². The van der Waals surface area contributed by atoms with Gasteiger partial charge >= 0.3 is 11.8 Å². The van der Waals surface area contributed by atoms with E-state index in [0.29, 0.717) is 51.2 Å². The van der Waals surface area contributed by atoms with Crippen LogP contribution in [-0.4, -0.2) is 31.2 Å². The Kier molecular flexibility index (Phi) is 10.1. The predicted octanol–water partition coefficient (Wildman–Crippen LogP) is 5.57. The van der Waals surface area contributed by atoms with Gasteiger partial charge < -0.3 is 19.5 Å². The van der Waals surface area contributed by atoms with Gasteiger partial charge in [-0.15, -0.1) is 0 Å². The number of halogens is 2. The predicted molar refractivity (Wildman–Crippen MR) is 143 cm³/mol. The Balaban J connectivity index is 1.66. The van der Waals surface area contributed by atoms with Gasteiger partial charge in [-0.25, -0.2) is 5.43 Å². The zero-order valence-electron chi connectivity index (χ0n) is 19.7. The molecule has 0 fully saturated rings. The molecule has 0 saturated carbocycles. The van der Waals surface area contributed by atoms with Gasteiger partial charge in [-0.05, 0) is 65.7 Å². The first-order chi connectivity index (χ1) is 17.4. The molecule has 0 aromatic heterocycles. The van der Waals surface area contributed by atoms with Gasteiger partial charge in [-0.1, -0.05) is 41.9 Å². The minimum Gasteiger partial charge on any atom is -0.492 e. The number of carbonyl (C=O) groups excluding carboxylic acids is 2. The van der Waals surface area contributed by atoms with Crippen LogP contribution in [0.1, 0.15) is 25.0 Å². The molecule has 0 radical (unpaired) electrons. The molecule has 0 saturated heterocycles. The third-order valence-corrected chi connectivity index (χ3v) is 5.64. The summed E-state index contributed by atoms with van der Waals surface area (Å²) >= 11 is 9.72. The quantitative estimate of drug-likeness (QED) is 0.187. The monoisotopic (exact) mass is 573 g/mol. The van der Waals surface area contributed by atoms with Gasteiger partial charge in [0.05, 0.1) is 29.6 Å². The third kappa shape index (κ3) is 7.47. The summed E-state index contributed by atoms with van der Waals surface area (Å²) in [4.78, 5) is 24.5. The first-order valence-corrected chi connectivity index (χ1v) is 12.3. The summed E-state index contributed by atoms with van der Waals surface area (Å²) < 4.78 is 17.8. The Morgan fingerprint density at radius 1 is 0.944 bits per heavy atom. The molecule has 3 aromatic carbocycles. The Morgan fingerprint density at radius 3 is 2.39 bits per heavy atom. The van der Waals surface area contributed by atoms with Crippen LogP contribution in [0.3, 0.4) is 0 Å². The molecule has 8 nitrogen and oxygen atoms in total. The number of nitrogens with one attached hydrogen (secondary N) is 2. The maximum atomic E-state index is 12.3. The molecule has 2 N–H and O–H groups in total. The SMILES string of the molecule is CCOc1ccccc1NC(=O)C(=O)N/N=C/c1cc(Br)c(OCc2ccccc2Cl)c(OCC)c1. The van der Waals surface area contributed by atoms with E-state index in [2.05, 4.69) is 31.8 Å². The number of hydrogen-bond donors (Lipinski definition) is 2. The number of hydrogen-bond acceptors (Lipinski definition) is 6. The summed E-state index contributed by atoms with van der Waals surface area (Å²) in [6.45, 7) is 4.77. The van der Waals surface area contributed by atoms with Gasteiger partial charge in [0.25, 0.3) is 0 Å². The Morgan fingerprint density at radius 2 is 1.64 bits per heavy atom. The highest BCUT2D eigenvalue weighted by atomic mass is 79.9. The summed E-state index contributed by atoms with van der Waals surface area (Å²) in [7, 11) is 0. The van der Waals surface area contributed by atoms with Crippen LogP contribution < -0.4 is 25.0 Å². The second-order valence-corrected chi connectivity index (χ2v) is 8.49. The van der Waals surface area contributed by atoms with Crippen molar-refractivity contribution in [1.29, 1.82) is 0 Å². The molecule has 188 valence electrons. The van der Waals surface area contributed by atoms with Crippen molar-refractivity contribution in [1.82, 2.24) is 5.43 Å². The van der Waals surface area contributed by atoms with Crippen LogP contribution in [-0.2, 0) is 16.2 Å². The number of para-hydroxylation sites is 2. The Hall–Kier alpha value is -3.56. The van der Waals surface area contributed by atoms with Crippen molar-refractivity contribution in [3.05, 3.63) is 81.3 Å². The van der Waals surface area contributed by atoms with Crippen molar-refractivity contribution < 1.29 is 23.8 Å². The number of hydrazone groups is 1. The molecular formula is C26H25BrClN3O5. The van der Waals surface area contributed by atoms with Crippen molar-refractivity contribution >= 4 is 51.2 Å². The largest absolute Gasteiger partial charge is 0.492 e. The number of amides is 2. The molecular weight excluding hydrogens is 550 g/mol. The molecule has 3 aromatic rings. The Bertz CT molecular complexity index is 1250. The smallest absolute Gasteiger partial charge is 0.329 e. The molecule has 36 heavy (non-hydrogen) atoms. The first kappa shape index (κ1) is 27.0. The lowest BCUT2D eigenvalue weighted by atomic mass is 10.2. The number of benzene rings is 3. The molecule has 0 aliphatic carbocycles. The van der Waals surface area contributed by atoms with Crippen molar-refractivity contribution in [3.63, 3.8) is 0 Å². The molecule has 10 heteroatoms. The Labute approximate surface area is 222 Å². The number of carbonyl (C=O) groups is 2. The van der Waals surface area contributed by atoms with E-state index in [-0.39, 0.29) is 6.61 Å². The lowest BCUT2D eigenvalue weighted by Gasteiger charge is -2.15. The van der Waals surface area contributed by atoms with Crippen molar-refractivity contribution in [2.45, 2.75) is 20.5 Å². The van der Waals surface area contributed by atoms with Crippen LogP contribution >= 0.6 is 27.5 Å². The van der Waals surface area contributed by atoms with E-state index < -0.39 is 11.8 Å². The van der Waals surface area contributed by atoms with Crippen molar-refractivity contribution in [2.24, 2.45) is 5.10 Å². The summed E-state index contributed by atoms with van der Waals surface area (Å²) in [5, 5.41) is 7.01. The number of rotatable bonds is 10. The molecule has 0 aliphatic heterocycles. The van der Waals surface area contributed by atoms with E-state index in [1.807, 2.05) is 32.0 Å². The van der Waals surface area contributed by atoms with E-state index in [9.17, 15) is 9.59 Å². The highest BCUT2D eigenvalue weighted by molar-refractivity contribution is 9.10. The standard InChI is InChI=1S/C26H25BrClN3O5/c1-3-34-22-12-8-7-11-21(22)30-25(32)26(33)31-29-15-17-13-19(27)24(23(14-17)35-4-2)36-16-18-9-5-6-10-20(18)28/h5-15H,3-4,16H2,1-2H3,(H,30,32)(H,31,33)/b29-15+. The maximum Gasteiger partial charge on any atom is 0.329 e. The number of anilines is 1. The highest BCUT2D eigenvalue weighted by Crippen LogP contribution is 2.37. The van der Waals surface area contributed by atoms with Gasteiger partial charge in [0.1, 0.15) is 12.4 Å². The molecule has 2 amide bonds. The zero-order valence-corrected chi connectivity index (χ0v) is 22.1. The van der Waals surface area contributed by atoms with Crippen LogP contribution in [0.5, 0.6) is 17.2 Å². The van der Waals surface area contributed by atoms with E-state index in [1.54, 1.807) is 42.5 Å². The van der Waals surface area contributed by atoms with Crippen LogP contribution in [0.25, 0.3) is 0 Å². The van der Waals surface area contributed by atoms with Gasteiger partial charge in [0.15, 0.2) is 11.5 Å². The maximum absolute atomic E-state index is 12.3. The van der Waals surface area contributed by atoms with Crippen LogP contribution in [0.2, 0.25) is 5.02 Å².